The Hall–Kier alpha value is -4.74. The number of benzene rings is 2. The van der Waals surface area contributed by atoms with Crippen LogP contribution in [0.15, 0.2) is 73.2 Å². The normalized spacial score (nSPS) is 11.5. The van der Waals surface area contributed by atoms with Crippen molar-refractivity contribution in [3.05, 3.63) is 84.6 Å². The van der Waals surface area contributed by atoms with Crippen LogP contribution in [-0.4, -0.2) is 49.2 Å². The first-order valence-corrected chi connectivity index (χ1v) is 11.6. The lowest BCUT2D eigenvalue weighted by Gasteiger charge is -2.13. The Morgan fingerprint density at radius 2 is 1.58 bits per heavy atom. The Bertz CT molecular complexity index is 1540. The van der Waals surface area contributed by atoms with Gasteiger partial charge in [-0.05, 0) is 48.4 Å². The second-order valence-corrected chi connectivity index (χ2v) is 8.25. The molecule has 0 saturated carbocycles. The molecule has 0 spiro atoms. The molecule has 3 heterocycles. The molecule has 0 atom stereocenters. The summed E-state index contributed by atoms with van der Waals surface area (Å²) in [7, 11) is 0. The number of hydrogen-bond acceptors (Lipinski definition) is 8. The van der Waals surface area contributed by atoms with Crippen LogP contribution >= 0.6 is 0 Å². The van der Waals surface area contributed by atoms with Crippen molar-refractivity contribution in [2.24, 2.45) is 0 Å². The van der Waals surface area contributed by atoms with Crippen molar-refractivity contribution < 1.29 is 17.6 Å². The van der Waals surface area contributed by atoms with E-state index in [1.54, 1.807) is 18.5 Å². The highest BCUT2D eigenvalue weighted by atomic mass is 19.4. The smallest absolute Gasteiger partial charge is 0.359 e. The van der Waals surface area contributed by atoms with Gasteiger partial charge in [-0.1, -0.05) is 18.2 Å². The monoisotopic (exact) mass is 520 g/mol. The van der Waals surface area contributed by atoms with E-state index in [1.807, 2.05) is 24.3 Å². The van der Waals surface area contributed by atoms with Crippen molar-refractivity contribution in [3.63, 3.8) is 0 Å². The van der Waals surface area contributed by atoms with Gasteiger partial charge in [0, 0.05) is 30.1 Å². The van der Waals surface area contributed by atoms with Crippen LogP contribution in [0.4, 0.5) is 29.3 Å². The highest BCUT2D eigenvalue weighted by molar-refractivity contribution is 5.85. The van der Waals surface area contributed by atoms with Gasteiger partial charge in [-0.2, -0.15) is 23.1 Å². The summed E-state index contributed by atoms with van der Waals surface area (Å²) in [5.41, 5.74) is 2.95. The highest BCUT2D eigenvalue weighted by Gasteiger charge is 2.27. The van der Waals surface area contributed by atoms with Crippen molar-refractivity contribution >= 4 is 22.9 Å². The molecule has 0 bridgehead atoms. The zero-order chi connectivity index (χ0) is 26.5. The van der Waals surface area contributed by atoms with E-state index in [-0.39, 0.29) is 22.9 Å². The topological polar surface area (TPSA) is 101 Å². The Morgan fingerprint density at radius 3 is 2.34 bits per heavy atom. The van der Waals surface area contributed by atoms with Gasteiger partial charge in [0.05, 0.1) is 11.9 Å². The van der Waals surface area contributed by atoms with E-state index >= 15 is 0 Å². The Balaban J connectivity index is 1.37. The van der Waals surface area contributed by atoms with Gasteiger partial charge in [0.25, 0.3) is 0 Å². The fourth-order valence-electron chi connectivity index (χ4n) is 3.69. The maximum atomic E-state index is 13.3. The molecule has 5 aromatic rings. The van der Waals surface area contributed by atoms with E-state index in [0.29, 0.717) is 30.0 Å². The number of nitrogens with zero attached hydrogens (tertiary/aromatic N) is 6. The average Bonchev–Trinajstić information content (AvgIpc) is 2.92. The van der Waals surface area contributed by atoms with Gasteiger partial charge < -0.3 is 10.6 Å². The Morgan fingerprint density at radius 1 is 0.789 bits per heavy atom. The number of anilines is 2. The molecule has 0 aliphatic carbocycles. The molecule has 38 heavy (non-hydrogen) atoms. The first kappa shape index (κ1) is 24.9. The Kier molecular flexibility index (Phi) is 7.03. The molecule has 0 aliphatic heterocycles. The minimum atomic E-state index is -4.47. The van der Waals surface area contributed by atoms with Gasteiger partial charge in [0.15, 0.2) is 22.8 Å². The number of nitrogens with one attached hydrogen (secondary N) is 2. The summed E-state index contributed by atoms with van der Waals surface area (Å²) in [6.45, 7) is -0.903. The van der Waals surface area contributed by atoms with E-state index in [9.17, 15) is 17.6 Å². The summed E-state index contributed by atoms with van der Waals surface area (Å²) < 4.78 is 52.2. The van der Waals surface area contributed by atoms with Gasteiger partial charge >= 0.3 is 6.18 Å². The summed E-state index contributed by atoms with van der Waals surface area (Å²) in [4.78, 5) is 25.8. The molecule has 3 aromatic heterocycles. The first-order chi connectivity index (χ1) is 18.3. The van der Waals surface area contributed by atoms with E-state index in [2.05, 4.69) is 40.5 Å². The standard InChI is InChI=1S/C26H20F4N8/c27-19-7-5-17(6-8-19)20-14-34-23-21(36-20)24(35-15-26(28,29)30)38-25(37-23)33-12-9-16-3-1-4-18(13-16)22-31-10-2-11-32-22/h1-8,10-11,13-14H,9,12,15H2,(H2,33,34,35,37,38). The van der Waals surface area contributed by atoms with E-state index in [1.165, 1.54) is 30.5 Å². The lowest BCUT2D eigenvalue weighted by atomic mass is 10.1. The minimum absolute atomic E-state index is 0.0668. The second-order valence-electron chi connectivity index (χ2n) is 8.25. The molecule has 0 fully saturated rings. The van der Waals surface area contributed by atoms with E-state index in [0.717, 1.165) is 11.1 Å². The van der Waals surface area contributed by atoms with Gasteiger partial charge in [-0.3, -0.25) is 0 Å². The molecule has 0 radical (unpaired) electrons. The third kappa shape index (κ3) is 6.14. The summed E-state index contributed by atoms with van der Waals surface area (Å²) in [5, 5.41) is 5.35. The average molecular weight is 520 g/mol. The van der Waals surface area contributed by atoms with Gasteiger partial charge in [-0.15, -0.1) is 0 Å². The largest absolute Gasteiger partial charge is 0.405 e. The van der Waals surface area contributed by atoms with Crippen LogP contribution in [0.2, 0.25) is 0 Å². The molecular formula is C26H20F4N8. The summed E-state index contributed by atoms with van der Waals surface area (Å²) in [5.74, 6) is 0.177. The zero-order valence-electron chi connectivity index (χ0n) is 19.7. The van der Waals surface area contributed by atoms with Crippen molar-refractivity contribution in [1.29, 1.82) is 0 Å². The zero-order valence-corrected chi connectivity index (χ0v) is 19.7. The van der Waals surface area contributed by atoms with Crippen LogP contribution in [0.3, 0.4) is 0 Å². The molecule has 2 N–H and O–H groups in total. The van der Waals surface area contributed by atoms with Crippen LogP contribution in [0.5, 0.6) is 0 Å². The number of alkyl halides is 3. The number of rotatable bonds is 8. The van der Waals surface area contributed by atoms with Crippen LogP contribution in [-0.2, 0) is 6.42 Å². The van der Waals surface area contributed by atoms with Gasteiger partial charge in [-0.25, -0.2) is 24.3 Å². The van der Waals surface area contributed by atoms with Crippen molar-refractivity contribution in [1.82, 2.24) is 29.9 Å². The lowest BCUT2D eigenvalue weighted by Crippen LogP contribution is -2.22. The second kappa shape index (κ2) is 10.7. The fraction of sp³-hybridized carbons (Fsp3) is 0.154. The van der Waals surface area contributed by atoms with Crippen molar-refractivity contribution in [3.8, 4) is 22.6 Å². The third-order valence-corrected chi connectivity index (χ3v) is 5.45. The van der Waals surface area contributed by atoms with Crippen LogP contribution < -0.4 is 10.6 Å². The molecule has 8 nitrogen and oxygen atoms in total. The van der Waals surface area contributed by atoms with E-state index < -0.39 is 18.5 Å². The molecule has 192 valence electrons. The van der Waals surface area contributed by atoms with Crippen LogP contribution in [0, 0.1) is 5.82 Å². The van der Waals surface area contributed by atoms with Crippen molar-refractivity contribution in [2.75, 3.05) is 23.7 Å². The molecule has 2 aromatic carbocycles. The van der Waals surface area contributed by atoms with E-state index in [4.69, 9.17) is 0 Å². The molecular weight excluding hydrogens is 500 g/mol. The number of halogens is 4. The molecule has 5 rings (SSSR count). The first-order valence-electron chi connectivity index (χ1n) is 11.6. The quantitative estimate of drug-likeness (QED) is 0.266. The predicted molar refractivity (Wildman–Crippen MR) is 135 cm³/mol. The molecule has 0 saturated heterocycles. The number of fused-ring (bicyclic) bond motifs is 1. The maximum absolute atomic E-state index is 13.3. The Labute approximate surface area is 214 Å². The fourth-order valence-corrected chi connectivity index (χ4v) is 3.69. The van der Waals surface area contributed by atoms with Crippen molar-refractivity contribution in [2.45, 2.75) is 12.6 Å². The predicted octanol–water partition coefficient (Wildman–Crippen LogP) is 5.31. The van der Waals surface area contributed by atoms with Gasteiger partial charge in [0.2, 0.25) is 5.95 Å². The molecule has 0 unspecified atom stereocenters. The SMILES string of the molecule is Fc1ccc(-c2cnc3nc(NCCc4cccc(-c5ncccn5)c4)nc(NCC(F)(F)F)c3n2)cc1. The highest BCUT2D eigenvalue weighted by Crippen LogP contribution is 2.25. The molecule has 0 aliphatic rings. The number of aromatic nitrogens is 6. The van der Waals surface area contributed by atoms with Crippen LogP contribution in [0.25, 0.3) is 33.8 Å². The number of hydrogen-bond donors (Lipinski definition) is 2. The summed E-state index contributed by atoms with van der Waals surface area (Å²) in [6, 6.07) is 15.0. The minimum Gasteiger partial charge on any atom is -0.359 e. The molecule has 0 amide bonds. The van der Waals surface area contributed by atoms with Crippen LogP contribution in [0.1, 0.15) is 5.56 Å². The summed E-state index contributed by atoms with van der Waals surface area (Å²) in [6.07, 6.45) is 0.882. The molecule has 12 heteroatoms. The third-order valence-electron chi connectivity index (χ3n) is 5.45. The summed E-state index contributed by atoms with van der Waals surface area (Å²) >= 11 is 0. The maximum Gasteiger partial charge on any atom is 0.405 e. The van der Waals surface area contributed by atoms with Gasteiger partial charge in [0.1, 0.15) is 12.4 Å². The lowest BCUT2D eigenvalue weighted by molar-refractivity contribution is -0.115.